The lowest BCUT2D eigenvalue weighted by Gasteiger charge is -2.03. The summed E-state index contributed by atoms with van der Waals surface area (Å²) in [6, 6.07) is 13.2. The van der Waals surface area contributed by atoms with Crippen LogP contribution in [0.15, 0.2) is 47.8 Å². The summed E-state index contributed by atoms with van der Waals surface area (Å²) in [6.07, 6.45) is 0. The zero-order valence-electron chi connectivity index (χ0n) is 9.74. The van der Waals surface area contributed by atoms with E-state index in [0.29, 0.717) is 10.6 Å². The van der Waals surface area contributed by atoms with Crippen LogP contribution in [0.25, 0.3) is 10.6 Å². The van der Waals surface area contributed by atoms with E-state index in [-0.39, 0.29) is 5.91 Å². The number of aromatic nitrogens is 2. The Morgan fingerprint density at radius 2 is 1.95 bits per heavy atom. The maximum Gasteiger partial charge on any atom is 0.269 e. The van der Waals surface area contributed by atoms with E-state index in [2.05, 4.69) is 14.9 Å². The first-order valence-corrected chi connectivity index (χ1v) is 7.22. The summed E-state index contributed by atoms with van der Waals surface area (Å²) in [5.41, 5.74) is 1.41. The van der Waals surface area contributed by atoms with Crippen LogP contribution < -0.4 is 5.32 Å². The molecule has 3 rings (SSSR count). The van der Waals surface area contributed by atoms with Crippen molar-refractivity contribution >= 4 is 34.5 Å². The molecule has 1 aromatic carbocycles. The second kappa shape index (κ2) is 5.29. The van der Waals surface area contributed by atoms with Crippen molar-refractivity contribution in [3.05, 3.63) is 52.7 Å². The summed E-state index contributed by atoms with van der Waals surface area (Å²) < 4.78 is 3.88. The molecule has 1 amide bonds. The van der Waals surface area contributed by atoms with Gasteiger partial charge in [-0.2, -0.15) is 0 Å². The number of nitrogens with one attached hydrogen (secondary N) is 1. The zero-order chi connectivity index (χ0) is 13.1. The lowest BCUT2D eigenvalue weighted by Crippen LogP contribution is -2.11. The van der Waals surface area contributed by atoms with Gasteiger partial charge in [-0.05, 0) is 35.1 Å². The Labute approximate surface area is 117 Å². The Kier molecular flexibility index (Phi) is 3.35. The highest BCUT2D eigenvalue weighted by atomic mass is 32.1. The Balaban J connectivity index is 1.87. The quantitative estimate of drug-likeness (QED) is 0.802. The van der Waals surface area contributed by atoms with Crippen molar-refractivity contribution in [2.45, 2.75) is 0 Å². The second-order valence-electron chi connectivity index (χ2n) is 3.75. The molecular weight excluding hydrogens is 278 g/mol. The average molecular weight is 287 g/mol. The lowest BCUT2D eigenvalue weighted by molar-refractivity contribution is 0.103. The number of nitrogens with zero attached hydrogens (tertiary/aromatic N) is 2. The van der Waals surface area contributed by atoms with Crippen LogP contribution in [-0.4, -0.2) is 15.5 Å². The van der Waals surface area contributed by atoms with Gasteiger partial charge in [0.15, 0.2) is 0 Å². The molecule has 2 heterocycles. The van der Waals surface area contributed by atoms with Crippen LogP contribution in [0.5, 0.6) is 0 Å². The zero-order valence-corrected chi connectivity index (χ0v) is 11.4. The lowest BCUT2D eigenvalue weighted by atomic mass is 10.2. The summed E-state index contributed by atoms with van der Waals surface area (Å²) in [5.74, 6) is -0.176. The standard InChI is InChI=1S/C13H9N3OS2/c17-13(14-9-5-2-1-3-6-9)12-11(15-16-19-12)10-7-4-8-18-10/h1-8H,(H,14,17). The SMILES string of the molecule is O=C(Nc1ccccc1)c1snnc1-c1cccs1. The minimum absolute atomic E-state index is 0.176. The van der Waals surface area contributed by atoms with E-state index in [1.54, 1.807) is 11.3 Å². The fraction of sp³-hybridized carbons (Fsp3) is 0. The summed E-state index contributed by atoms with van der Waals surface area (Å²) in [7, 11) is 0. The molecule has 0 aliphatic rings. The molecule has 1 N–H and O–H groups in total. The Morgan fingerprint density at radius 1 is 1.11 bits per heavy atom. The molecule has 0 aliphatic carbocycles. The van der Waals surface area contributed by atoms with Gasteiger partial charge in [-0.25, -0.2) is 0 Å². The third kappa shape index (κ3) is 2.54. The van der Waals surface area contributed by atoms with Crippen LogP contribution in [0.1, 0.15) is 9.67 Å². The molecule has 0 bridgehead atoms. The first-order valence-electron chi connectivity index (χ1n) is 5.57. The van der Waals surface area contributed by atoms with Crippen LogP contribution in [0.3, 0.4) is 0 Å². The highest BCUT2D eigenvalue weighted by Gasteiger charge is 2.18. The first-order chi connectivity index (χ1) is 9.34. The largest absolute Gasteiger partial charge is 0.321 e. The monoisotopic (exact) mass is 287 g/mol. The van der Waals surface area contributed by atoms with Gasteiger partial charge in [0, 0.05) is 5.69 Å². The maximum absolute atomic E-state index is 12.2. The van der Waals surface area contributed by atoms with Gasteiger partial charge in [0.2, 0.25) is 0 Å². The van der Waals surface area contributed by atoms with E-state index in [4.69, 9.17) is 0 Å². The van der Waals surface area contributed by atoms with Gasteiger partial charge in [0.1, 0.15) is 10.6 Å². The maximum atomic E-state index is 12.2. The summed E-state index contributed by atoms with van der Waals surface area (Å²) >= 11 is 2.65. The van der Waals surface area contributed by atoms with E-state index in [1.165, 1.54) is 0 Å². The molecule has 0 spiro atoms. The van der Waals surface area contributed by atoms with E-state index >= 15 is 0 Å². The molecule has 19 heavy (non-hydrogen) atoms. The van der Waals surface area contributed by atoms with Gasteiger partial charge in [0.25, 0.3) is 5.91 Å². The number of benzene rings is 1. The van der Waals surface area contributed by atoms with E-state index in [1.807, 2.05) is 47.8 Å². The fourth-order valence-electron chi connectivity index (χ4n) is 1.62. The molecule has 6 heteroatoms. The van der Waals surface area contributed by atoms with Gasteiger partial charge >= 0.3 is 0 Å². The number of carbonyl (C=O) groups excluding carboxylic acids is 1. The van der Waals surface area contributed by atoms with Crippen molar-refractivity contribution in [1.29, 1.82) is 0 Å². The van der Waals surface area contributed by atoms with Crippen LogP contribution in [0.4, 0.5) is 5.69 Å². The van der Waals surface area contributed by atoms with Crippen molar-refractivity contribution < 1.29 is 4.79 Å². The molecule has 3 aromatic rings. The predicted octanol–water partition coefficient (Wildman–Crippen LogP) is 3.52. The summed E-state index contributed by atoms with van der Waals surface area (Å²) in [5, 5.41) is 8.83. The second-order valence-corrected chi connectivity index (χ2v) is 5.45. The minimum Gasteiger partial charge on any atom is -0.321 e. The topological polar surface area (TPSA) is 54.9 Å². The van der Waals surface area contributed by atoms with Crippen molar-refractivity contribution in [3.63, 3.8) is 0 Å². The molecule has 0 aliphatic heterocycles. The summed E-state index contributed by atoms with van der Waals surface area (Å²) in [4.78, 5) is 13.7. The predicted molar refractivity (Wildman–Crippen MR) is 77.6 cm³/mol. The normalized spacial score (nSPS) is 10.3. The van der Waals surface area contributed by atoms with Crippen molar-refractivity contribution in [2.75, 3.05) is 5.32 Å². The van der Waals surface area contributed by atoms with Gasteiger partial charge in [-0.15, -0.1) is 16.4 Å². The van der Waals surface area contributed by atoms with Crippen LogP contribution >= 0.6 is 22.9 Å². The summed E-state index contributed by atoms with van der Waals surface area (Å²) in [6.45, 7) is 0. The minimum atomic E-state index is -0.176. The van der Waals surface area contributed by atoms with Gasteiger partial charge in [0.05, 0.1) is 4.88 Å². The van der Waals surface area contributed by atoms with Gasteiger partial charge in [-0.3, -0.25) is 4.79 Å². The number of hydrogen-bond donors (Lipinski definition) is 1. The van der Waals surface area contributed by atoms with Gasteiger partial charge < -0.3 is 5.32 Å². The molecule has 0 atom stereocenters. The number of amides is 1. The molecule has 0 saturated heterocycles. The van der Waals surface area contributed by atoms with Crippen molar-refractivity contribution in [1.82, 2.24) is 9.59 Å². The molecule has 0 saturated carbocycles. The Bertz CT molecular complexity index is 677. The molecular formula is C13H9N3OS2. The number of hydrogen-bond acceptors (Lipinski definition) is 5. The number of anilines is 1. The Hall–Kier alpha value is -2.05. The molecule has 2 aromatic heterocycles. The number of rotatable bonds is 3. The molecule has 0 radical (unpaired) electrons. The number of thiophene rings is 1. The molecule has 4 nitrogen and oxygen atoms in total. The third-order valence-electron chi connectivity index (χ3n) is 2.48. The fourth-order valence-corrected chi connectivity index (χ4v) is 2.98. The Morgan fingerprint density at radius 3 is 2.68 bits per heavy atom. The number of para-hydroxylation sites is 1. The highest BCUT2D eigenvalue weighted by Crippen LogP contribution is 2.28. The van der Waals surface area contributed by atoms with Crippen LogP contribution in [-0.2, 0) is 0 Å². The van der Waals surface area contributed by atoms with E-state index in [9.17, 15) is 4.79 Å². The number of carbonyl (C=O) groups is 1. The van der Waals surface area contributed by atoms with Crippen LogP contribution in [0.2, 0.25) is 0 Å². The van der Waals surface area contributed by atoms with Crippen molar-refractivity contribution in [2.24, 2.45) is 0 Å². The van der Waals surface area contributed by atoms with Gasteiger partial charge in [-0.1, -0.05) is 28.8 Å². The van der Waals surface area contributed by atoms with Crippen molar-refractivity contribution in [3.8, 4) is 10.6 Å². The molecule has 0 unspecified atom stereocenters. The smallest absolute Gasteiger partial charge is 0.269 e. The molecule has 0 fully saturated rings. The highest BCUT2D eigenvalue weighted by molar-refractivity contribution is 7.14. The third-order valence-corrected chi connectivity index (χ3v) is 4.08. The average Bonchev–Trinajstić information content (AvgIpc) is 3.10. The van der Waals surface area contributed by atoms with E-state index in [0.717, 1.165) is 22.1 Å². The first kappa shape index (κ1) is 12.0. The molecule has 94 valence electrons. The van der Waals surface area contributed by atoms with E-state index < -0.39 is 0 Å². The van der Waals surface area contributed by atoms with Crippen LogP contribution in [0, 0.1) is 0 Å².